The van der Waals surface area contributed by atoms with Crippen LogP contribution in [0.2, 0.25) is 0 Å². The molecule has 0 unspecified atom stereocenters. The number of carboxylic acid groups (broad SMARTS) is 1. The summed E-state index contributed by atoms with van der Waals surface area (Å²) in [5.74, 6) is -1.05. The Hall–Kier alpha value is -1.18. The molecule has 1 aliphatic rings. The third-order valence-electron chi connectivity index (χ3n) is 2.37. The van der Waals surface area contributed by atoms with Gasteiger partial charge in [-0.2, -0.15) is 0 Å². The number of carbonyl (C=O) groups is 2. The van der Waals surface area contributed by atoms with E-state index in [0.29, 0.717) is 13.1 Å². The second-order valence-electron chi connectivity index (χ2n) is 3.82. The molecule has 1 heterocycles. The third-order valence-corrected chi connectivity index (χ3v) is 2.37. The summed E-state index contributed by atoms with van der Waals surface area (Å²) in [7, 11) is 0. The number of aliphatic carboxylic acids is 1. The molecule has 0 aliphatic carbocycles. The van der Waals surface area contributed by atoms with Crippen molar-refractivity contribution < 1.29 is 19.4 Å². The van der Waals surface area contributed by atoms with Crippen molar-refractivity contribution in [3.05, 3.63) is 0 Å². The Morgan fingerprint density at radius 3 is 2.71 bits per heavy atom. The Balaban J connectivity index is 1.98. The molecule has 0 aromatic carbocycles. The predicted octanol–water partition coefficient (Wildman–Crippen LogP) is -1.89. The molecule has 0 aromatic heterocycles. The van der Waals surface area contributed by atoms with Crippen molar-refractivity contribution in [3.63, 3.8) is 0 Å². The van der Waals surface area contributed by atoms with Crippen molar-refractivity contribution in [3.8, 4) is 0 Å². The highest BCUT2D eigenvalue weighted by Crippen LogP contribution is 1.90. The van der Waals surface area contributed by atoms with Crippen molar-refractivity contribution in [2.75, 3.05) is 52.5 Å². The van der Waals surface area contributed by atoms with Gasteiger partial charge in [0.25, 0.3) is 0 Å². The van der Waals surface area contributed by atoms with Gasteiger partial charge in [-0.1, -0.05) is 0 Å². The van der Waals surface area contributed by atoms with Gasteiger partial charge in [0.2, 0.25) is 5.91 Å². The molecule has 3 N–H and O–H groups in total. The first-order chi connectivity index (χ1) is 8.18. The number of ether oxygens (including phenoxy) is 1. The molecule has 0 spiro atoms. The van der Waals surface area contributed by atoms with E-state index in [1.807, 2.05) is 0 Å². The minimum Gasteiger partial charge on any atom is -0.480 e. The molecule has 7 nitrogen and oxygen atoms in total. The first kappa shape index (κ1) is 13.9. The van der Waals surface area contributed by atoms with Crippen LogP contribution in [0.3, 0.4) is 0 Å². The fourth-order valence-corrected chi connectivity index (χ4v) is 1.55. The van der Waals surface area contributed by atoms with Crippen LogP contribution >= 0.6 is 0 Å². The molecule has 0 aromatic rings. The van der Waals surface area contributed by atoms with Crippen molar-refractivity contribution in [2.24, 2.45) is 0 Å². The van der Waals surface area contributed by atoms with E-state index in [4.69, 9.17) is 9.84 Å². The number of rotatable bonds is 7. The highest BCUT2D eigenvalue weighted by atomic mass is 16.5. The van der Waals surface area contributed by atoms with Crippen molar-refractivity contribution in [2.45, 2.75) is 0 Å². The monoisotopic (exact) mass is 245 g/mol. The van der Waals surface area contributed by atoms with Crippen molar-refractivity contribution in [1.29, 1.82) is 0 Å². The Kier molecular flexibility index (Phi) is 6.53. The Labute approximate surface area is 100 Å². The van der Waals surface area contributed by atoms with E-state index in [-0.39, 0.29) is 19.1 Å². The van der Waals surface area contributed by atoms with Crippen LogP contribution in [-0.2, 0) is 14.3 Å². The molecule has 0 atom stereocenters. The molecule has 1 aliphatic heterocycles. The Morgan fingerprint density at radius 1 is 1.35 bits per heavy atom. The molecule has 1 fully saturated rings. The molecule has 1 rings (SSSR count). The zero-order chi connectivity index (χ0) is 12.5. The smallest absolute Gasteiger partial charge is 0.329 e. The lowest BCUT2D eigenvalue weighted by Crippen LogP contribution is -2.47. The molecule has 7 heteroatoms. The van der Waals surface area contributed by atoms with E-state index in [0.717, 1.165) is 26.2 Å². The first-order valence-corrected chi connectivity index (χ1v) is 5.68. The number of nitrogens with one attached hydrogen (secondary N) is 2. The van der Waals surface area contributed by atoms with Crippen LogP contribution < -0.4 is 10.6 Å². The largest absolute Gasteiger partial charge is 0.480 e. The minimum absolute atomic E-state index is 0.0502. The summed E-state index contributed by atoms with van der Waals surface area (Å²) in [4.78, 5) is 23.7. The highest BCUT2D eigenvalue weighted by Gasteiger charge is 2.12. The number of piperazine rings is 1. The standard InChI is InChI=1S/C10H19N3O4/c14-9(7-13-4-1-11-2-5-13)12-3-6-17-8-10(15)16/h11H,1-8H2,(H,12,14)(H,15,16). The summed E-state index contributed by atoms with van der Waals surface area (Å²) < 4.78 is 4.80. The fraction of sp³-hybridized carbons (Fsp3) is 0.800. The Bertz CT molecular complexity index is 254. The molecule has 1 saturated heterocycles. The van der Waals surface area contributed by atoms with Gasteiger partial charge in [0.1, 0.15) is 6.61 Å². The normalized spacial score (nSPS) is 16.7. The van der Waals surface area contributed by atoms with Gasteiger partial charge in [0.05, 0.1) is 13.2 Å². The summed E-state index contributed by atoms with van der Waals surface area (Å²) in [5, 5.41) is 14.2. The molecule has 0 bridgehead atoms. The summed E-state index contributed by atoms with van der Waals surface area (Å²) in [5.41, 5.74) is 0. The van der Waals surface area contributed by atoms with E-state index in [9.17, 15) is 9.59 Å². The maximum Gasteiger partial charge on any atom is 0.329 e. The van der Waals surface area contributed by atoms with Gasteiger partial charge in [-0.3, -0.25) is 9.69 Å². The van der Waals surface area contributed by atoms with Crippen molar-refractivity contribution >= 4 is 11.9 Å². The zero-order valence-electron chi connectivity index (χ0n) is 9.78. The average Bonchev–Trinajstić information content (AvgIpc) is 2.29. The number of carboxylic acids is 1. The molecule has 17 heavy (non-hydrogen) atoms. The molecule has 0 saturated carbocycles. The van der Waals surface area contributed by atoms with Gasteiger partial charge in [-0.05, 0) is 0 Å². The highest BCUT2D eigenvalue weighted by molar-refractivity contribution is 5.78. The van der Waals surface area contributed by atoms with Gasteiger partial charge in [-0.25, -0.2) is 4.79 Å². The number of carbonyl (C=O) groups excluding carboxylic acids is 1. The number of hydrogen-bond donors (Lipinski definition) is 3. The van der Waals surface area contributed by atoms with Gasteiger partial charge in [0.15, 0.2) is 0 Å². The summed E-state index contributed by atoms with van der Waals surface area (Å²) in [6.45, 7) is 4.21. The topological polar surface area (TPSA) is 90.9 Å². The SMILES string of the molecule is O=C(O)COCCNC(=O)CN1CCNCC1. The lowest BCUT2D eigenvalue weighted by molar-refractivity contribution is -0.142. The summed E-state index contributed by atoms with van der Waals surface area (Å²) in [6, 6.07) is 0. The van der Waals surface area contributed by atoms with E-state index < -0.39 is 5.97 Å². The molecule has 1 amide bonds. The minimum atomic E-state index is -1.00. The number of nitrogens with zero attached hydrogens (tertiary/aromatic N) is 1. The second kappa shape index (κ2) is 7.99. The fourth-order valence-electron chi connectivity index (χ4n) is 1.55. The van der Waals surface area contributed by atoms with E-state index in [1.54, 1.807) is 0 Å². The summed E-state index contributed by atoms with van der Waals surface area (Å²) in [6.07, 6.45) is 0. The second-order valence-corrected chi connectivity index (χ2v) is 3.82. The van der Waals surface area contributed by atoms with Gasteiger partial charge < -0.3 is 20.5 Å². The van der Waals surface area contributed by atoms with Crippen LogP contribution in [0.25, 0.3) is 0 Å². The maximum atomic E-state index is 11.5. The lowest BCUT2D eigenvalue weighted by atomic mass is 10.3. The molecule has 98 valence electrons. The van der Waals surface area contributed by atoms with E-state index in [2.05, 4.69) is 15.5 Å². The average molecular weight is 245 g/mol. The maximum absolute atomic E-state index is 11.5. The van der Waals surface area contributed by atoms with Crippen molar-refractivity contribution in [1.82, 2.24) is 15.5 Å². The van der Waals surface area contributed by atoms with Crippen LogP contribution in [-0.4, -0.2) is 74.4 Å². The van der Waals surface area contributed by atoms with Crippen LogP contribution in [0, 0.1) is 0 Å². The van der Waals surface area contributed by atoms with Crippen LogP contribution in [0.4, 0.5) is 0 Å². The van der Waals surface area contributed by atoms with E-state index in [1.165, 1.54) is 0 Å². The molecular weight excluding hydrogens is 226 g/mol. The van der Waals surface area contributed by atoms with E-state index >= 15 is 0 Å². The molecular formula is C10H19N3O4. The molecule has 0 radical (unpaired) electrons. The van der Waals surface area contributed by atoms with Gasteiger partial charge in [0, 0.05) is 32.7 Å². The van der Waals surface area contributed by atoms with Gasteiger partial charge >= 0.3 is 5.97 Å². The predicted molar refractivity (Wildman–Crippen MR) is 60.8 cm³/mol. The van der Waals surface area contributed by atoms with Crippen LogP contribution in [0.1, 0.15) is 0 Å². The first-order valence-electron chi connectivity index (χ1n) is 5.68. The lowest BCUT2D eigenvalue weighted by Gasteiger charge is -2.26. The quantitative estimate of drug-likeness (QED) is 0.454. The number of amides is 1. The van der Waals surface area contributed by atoms with Gasteiger partial charge in [-0.15, -0.1) is 0 Å². The van der Waals surface area contributed by atoms with Crippen LogP contribution in [0.15, 0.2) is 0 Å². The van der Waals surface area contributed by atoms with Crippen LogP contribution in [0.5, 0.6) is 0 Å². The third kappa shape index (κ3) is 6.88. The zero-order valence-corrected chi connectivity index (χ0v) is 9.78. The number of hydrogen-bond acceptors (Lipinski definition) is 5. The summed E-state index contributed by atoms with van der Waals surface area (Å²) >= 11 is 0. The Morgan fingerprint density at radius 2 is 2.06 bits per heavy atom.